The molecule has 1 heterocycles. The quantitative estimate of drug-likeness (QED) is 0.391. The minimum atomic E-state index is 0.453. The van der Waals surface area contributed by atoms with Gasteiger partial charge in [0.1, 0.15) is 18.1 Å². The second-order valence-electron chi connectivity index (χ2n) is 7.38. The fraction of sp³-hybridized carbons (Fsp3) is 0.455. The lowest BCUT2D eigenvalue weighted by Crippen LogP contribution is -2.44. The Morgan fingerprint density at radius 2 is 1.66 bits per heavy atom. The van der Waals surface area contributed by atoms with Crippen molar-refractivity contribution >= 4 is 47.8 Å². The molecule has 1 fully saturated rings. The summed E-state index contributed by atoms with van der Waals surface area (Å²) in [6, 6.07) is 10.4. The summed E-state index contributed by atoms with van der Waals surface area (Å²) in [5, 5.41) is 0. The number of benzene rings is 2. The van der Waals surface area contributed by atoms with Crippen LogP contribution in [0.2, 0.25) is 0 Å². The highest BCUT2D eigenvalue weighted by Gasteiger charge is 2.14. The minimum absolute atomic E-state index is 0.453. The highest BCUT2D eigenvalue weighted by molar-refractivity contribution is 9.11. The Labute approximate surface area is 198 Å². The first kappa shape index (κ1) is 23.1. The first-order valence-electron chi connectivity index (χ1n) is 9.80. The molecule has 0 aliphatic carbocycles. The van der Waals surface area contributed by atoms with Crippen LogP contribution in [0.3, 0.4) is 0 Å². The molecule has 0 atom stereocenters. The van der Waals surface area contributed by atoms with Gasteiger partial charge < -0.3 is 19.3 Å². The predicted molar refractivity (Wildman–Crippen MR) is 129 cm³/mol. The van der Waals surface area contributed by atoms with Crippen molar-refractivity contribution in [2.24, 2.45) is 0 Å². The van der Waals surface area contributed by atoms with E-state index in [4.69, 9.17) is 9.47 Å². The van der Waals surface area contributed by atoms with E-state index >= 15 is 0 Å². The van der Waals surface area contributed by atoms with Crippen LogP contribution in [0, 0.1) is 0 Å². The number of likely N-dealkylation sites (N-methyl/N-ethyl adjacent to an activating group) is 1. The second-order valence-corrected chi connectivity index (χ2v) is 10.0. The first-order chi connectivity index (χ1) is 14.0. The van der Waals surface area contributed by atoms with Crippen LogP contribution in [0.1, 0.15) is 17.5 Å². The van der Waals surface area contributed by atoms with Crippen LogP contribution in [0.4, 0.5) is 0 Å². The maximum absolute atomic E-state index is 6.11. The Kier molecular flexibility index (Phi) is 8.86. The van der Waals surface area contributed by atoms with E-state index < -0.39 is 0 Å². The van der Waals surface area contributed by atoms with Gasteiger partial charge in [0, 0.05) is 36.2 Å². The molecule has 4 nitrogen and oxygen atoms in total. The van der Waals surface area contributed by atoms with E-state index in [-0.39, 0.29) is 0 Å². The van der Waals surface area contributed by atoms with Crippen molar-refractivity contribution in [1.29, 1.82) is 0 Å². The molecular weight excluding hydrogens is 564 g/mol. The minimum Gasteiger partial charge on any atom is -0.496 e. The van der Waals surface area contributed by atoms with Gasteiger partial charge in [-0.15, -0.1) is 0 Å². The van der Waals surface area contributed by atoms with Gasteiger partial charge in [-0.05, 0) is 88.1 Å². The SMILES string of the molecule is COc1ccc(CCCN2CCN(C)CC2)cc1COc1c(Br)cc(Br)cc1Br. The molecule has 29 heavy (non-hydrogen) atoms. The van der Waals surface area contributed by atoms with E-state index in [1.165, 1.54) is 38.2 Å². The first-order valence-corrected chi connectivity index (χ1v) is 12.2. The van der Waals surface area contributed by atoms with E-state index in [0.717, 1.165) is 43.4 Å². The standard InChI is InChI=1S/C22H27Br3N2O2/c1-26-8-10-27(11-9-26)7-3-4-16-5-6-21(28-2)17(12-16)15-29-22-19(24)13-18(23)14-20(22)25/h5-6,12-14H,3-4,7-11,15H2,1-2H3. The maximum atomic E-state index is 6.11. The lowest BCUT2D eigenvalue weighted by Gasteiger charge is -2.32. The van der Waals surface area contributed by atoms with E-state index in [0.29, 0.717) is 6.61 Å². The Bertz CT molecular complexity index is 801. The monoisotopic (exact) mass is 588 g/mol. The smallest absolute Gasteiger partial charge is 0.148 e. The zero-order valence-corrected chi connectivity index (χ0v) is 21.6. The number of methoxy groups -OCH3 is 1. The van der Waals surface area contributed by atoms with E-state index in [2.05, 4.69) is 82.8 Å². The van der Waals surface area contributed by atoms with Crippen LogP contribution < -0.4 is 9.47 Å². The molecule has 0 unspecified atom stereocenters. The van der Waals surface area contributed by atoms with E-state index in [9.17, 15) is 0 Å². The molecule has 0 aromatic heterocycles. The molecule has 0 radical (unpaired) electrons. The fourth-order valence-electron chi connectivity index (χ4n) is 3.50. The van der Waals surface area contributed by atoms with Crippen LogP contribution in [-0.2, 0) is 13.0 Å². The topological polar surface area (TPSA) is 24.9 Å². The number of halogens is 3. The molecule has 0 spiro atoms. The van der Waals surface area contributed by atoms with Crippen LogP contribution in [0.5, 0.6) is 11.5 Å². The van der Waals surface area contributed by atoms with Gasteiger partial charge in [0.25, 0.3) is 0 Å². The van der Waals surface area contributed by atoms with Gasteiger partial charge >= 0.3 is 0 Å². The molecule has 0 amide bonds. The lowest BCUT2D eigenvalue weighted by molar-refractivity contribution is 0.153. The van der Waals surface area contributed by atoms with Crippen LogP contribution in [0.25, 0.3) is 0 Å². The van der Waals surface area contributed by atoms with Gasteiger partial charge in [-0.25, -0.2) is 0 Å². The molecule has 1 saturated heterocycles. The second kappa shape index (κ2) is 11.1. The van der Waals surface area contributed by atoms with Gasteiger partial charge in [0.15, 0.2) is 0 Å². The van der Waals surface area contributed by atoms with Gasteiger partial charge in [-0.2, -0.15) is 0 Å². The van der Waals surface area contributed by atoms with Crippen molar-refractivity contribution in [3.05, 3.63) is 54.9 Å². The van der Waals surface area contributed by atoms with Crippen LogP contribution in [0.15, 0.2) is 43.7 Å². The molecule has 1 aliphatic heterocycles. The third-order valence-corrected chi connectivity index (χ3v) is 6.85. The Balaban J connectivity index is 1.60. The number of nitrogens with zero attached hydrogens (tertiary/aromatic N) is 2. The zero-order valence-electron chi connectivity index (χ0n) is 16.9. The molecule has 7 heteroatoms. The molecular formula is C22H27Br3N2O2. The highest BCUT2D eigenvalue weighted by Crippen LogP contribution is 2.37. The van der Waals surface area contributed by atoms with Crippen LogP contribution >= 0.6 is 47.8 Å². The fourth-order valence-corrected chi connectivity index (χ4v) is 5.98. The lowest BCUT2D eigenvalue weighted by atomic mass is 10.1. The van der Waals surface area contributed by atoms with E-state index in [1.807, 2.05) is 12.1 Å². The summed E-state index contributed by atoms with van der Waals surface area (Å²) in [5.74, 6) is 1.65. The summed E-state index contributed by atoms with van der Waals surface area (Å²) in [6.45, 7) is 6.31. The van der Waals surface area contributed by atoms with Crippen molar-refractivity contribution < 1.29 is 9.47 Å². The molecule has 2 aromatic rings. The van der Waals surface area contributed by atoms with Crippen molar-refractivity contribution in [2.75, 3.05) is 46.9 Å². The largest absolute Gasteiger partial charge is 0.496 e. The Morgan fingerprint density at radius 1 is 0.966 bits per heavy atom. The van der Waals surface area contributed by atoms with Crippen molar-refractivity contribution in [3.8, 4) is 11.5 Å². The molecule has 0 N–H and O–H groups in total. The summed E-state index contributed by atoms with van der Waals surface area (Å²) < 4.78 is 14.5. The number of ether oxygens (including phenoxy) is 2. The Hall–Kier alpha value is -0.600. The molecule has 1 aliphatic rings. The summed E-state index contributed by atoms with van der Waals surface area (Å²) in [5.41, 5.74) is 2.39. The molecule has 3 rings (SSSR count). The van der Waals surface area contributed by atoms with E-state index in [1.54, 1.807) is 7.11 Å². The molecule has 0 bridgehead atoms. The number of piperazine rings is 1. The summed E-state index contributed by atoms with van der Waals surface area (Å²) in [6.07, 6.45) is 2.23. The number of rotatable bonds is 8. The van der Waals surface area contributed by atoms with Crippen molar-refractivity contribution in [1.82, 2.24) is 9.80 Å². The summed E-state index contributed by atoms with van der Waals surface area (Å²) in [7, 11) is 3.90. The highest BCUT2D eigenvalue weighted by atomic mass is 79.9. The summed E-state index contributed by atoms with van der Waals surface area (Å²) >= 11 is 10.6. The zero-order chi connectivity index (χ0) is 20.8. The molecule has 158 valence electrons. The van der Waals surface area contributed by atoms with Gasteiger partial charge in [0.05, 0.1) is 16.1 Å². The Morgan fingerprint density at radius 3 is 2.31 bits per heavy atom. The number of hydrogen-bond acceptors (Lipinski definition) is 4. The average molecular weight is 591 g/mol. The average Bonchev–Trinajstić information content (AvgIpc) is 2.69. The molecule has 0 saturated carbocycles. The van der Waals surface area contributed by atoms with Gasteiger partial charge in [-0.3, -0.25) is 0 Å². The number of aryl methyl sites for hydroxylation is 1. The predicted octanol–water partition coefficient (Wildman–Crippen LogP) is 5.74. The maximum Gasteiger partial charge on any atom is 0.148 e. The third kappa shape index (κ3) is 6.69. The third-order valence-electron chi connectivity index (χ3n) is 5.22. The summed E-state index contributed by atoms with van der Waals surface area (Å²) in [4.78, 5) is 4.96. The van der Waals surface area contributed by atoms with Gasteiger partial charge in [0.2, 0.25) is 0 Å². The molecule has 2 aromatic carbocycles. The van der Waals surface area contributed by atoms with Crippen molar-refractivity contribution in [3.63, 3.8) is 0 Å². The van der Waals surface area contributed by atoms with Crippen LogP contribution in [-0.4, -0.2) is 56.7 Å². The van der Waals surface area contributed by atoms with Gasteiger partial charge in [-0.1, -0.05) is 22.0 Å². The van der Waals surface area contributed by atoms with Crippen molar-refractivity contribution in [2.45, 2.75) is 19.4 Å². The number of hydrogen-bond donors (Lipinski definition) is 0. The normalized spacial score (nSPS) is 15.5.